The minimum atomic E-state index is -0.376. The molecular formula is C127H105N. The van der Waals surface area contributed by atoms with Crippen molar-refractivity contribution in [2.75, 3.05) is 4.90 Å². The van der Waals surface area contributed by atoms with E-state index in [-0.39, 0.29) is 16.2 Å². The van der Waals surface area contributed by atoms with Crippen molar-refractivity contribution in [3.05, 3.63) is 470 Å². The Balaban J connectivity index is 0.481. The number of nitrogens with zero attached hydrogens (tertiary/aromatic N) is 1. The number of anilines is 1. The van der Waals surface area contributed by atoms with Gasteiger partial charge in [-0.2, -0.15) is 0 Å². The number of rotatable bonds is 10. The molecule has 4 fully saturated rings. The van der Waals surface area contributed by atoms with Gasteiger partial charge in [0.2, 0.25) is 0 Å². The van der Waals surface area contributed by atoms with E-state index in [1.807, 2.05) is 0 Å². The Hall–Kier alpha value is -12.7. The summed E-state index contributed by atoms with van der Waals surface area (Å²) in [5, 5.41) is 0. The smallest absolute Gasteiger partial charge is 0.0725 e. The molecular weight excluding hydrogens is 1540 g/mol. The van der Waals surface area contributed by atoms with Gasteiger partial charge in [-0.05, 0) is 351 Å². The molecule has 3 spiro atoms. The highest BCUT2D eigenvalue weighted by Crippen LogP contribution is 2.70. The Kier molecular flexibility index (Phi) is 16.7. The standard InChI is InChI=1S/C127H105N/c1-2-23-90(24-3-1)128(91-64-57-82(58-65-91)89-61-68-105-102-33-12-21-44-119(102)127(122(105)77-89)115-40-17-8-29-98(115)99-30-9-18-41-116(99)127)123-72-71-92(93-34-22-35-106(93)123)83-53-55-84(56-54-83)124-107-69-62-85(78-45-49-80(50-46-78)87-59-66-103-100-31-10-19-42-117(100)125(120(103)75-87)111-36-13-4-25-94(111)95-26-5-14-37-112(95)125)73-109(107)110-74-86(63-70-108(110)124)79-47-51-81(52-48-79)88-60-67-104-101-32-11-20-43-118(101)126(121(104)76-88)113-38-15-6-27-96(113)97-28-7-16-39-114(97)126/h1-8,10-17,19-21,23-29,31-33,36-40,42-53,55,59-62,66-69,71-73,75-77,82-84,86,91,93,99,106,108,110,116,124H,9,18,22,30,34-35,41,54,56-58,63-65,70,74H2. The van der Waals surface area contributed by atoms with Gasteiger partial charge >= 0.3 is 0 Å². The molecule has 15 aromatic carbocycles. The van der Waals surface area contributed by atoms with Gasteiger partial charge in [-0.1, -0.05) is 365 Å². The number of fused-ring (bicyclic) bond motifs is 34. The van der Waals surface area contributed by atoms with E-state index in [1.165, 1.54) is 248 Å². The summed E-state index contributed by atoms with van der Waals surface area (Å²) in [5.74, 6) is 6.00. The van der Waals surface area contributed by atoms with E-state index < -0.39 is 0 Å². The fourth-order valence-electron chi connectivity index (χ4n) is 30.5. The third kappa shape index (κ3) is 10.4. The van der Waals surface area contributed by atoms with Crippen LogP contribution in [-0.2, 0) is 16.2 Å². The van der Waals surface area contributed by atoms with Crippen molar-refractivity contribution in [2.45, 2.75) is 155 Å². The third-order valence-electron chi connectivity index (χ3n) is 35.6. The number of hydrogen-bond acceptors (Lipinski definition) is 1. The van der Waals surface area contributed by atoms with E-state index in [2.05, 4.69) is 375 Å². The minimum absolute atomic E-state index is 0.0577. The van der Waals surface area contributed by atoms with Crippen molar-refractivity contribution in [1.29, 1.82) is 0 Å². The van der Waals surface area contributed by atoms with E-state index in [1.54, 1.807) is 50.2 Å². The van der Waals surface area contributed by atoms with Gasteiger partial charge in [0.15, 0.2) is 0 Å². The summed E-state index contributed by atoms with van der Waals surface area (Å²) in [6.07, 6.45) is 31.1. The molecule has 0 aliphatic heterocycles. The molecule has 0 radical (unpaired) electrons. The van der Waals surface area contributed by atoms with Gasteiger partial charge in [-0.3, -0.25) is 0 Å². The van der Waals surface area contributed by atoms with Crippen molar-refractivity contribution in [1.82, 2.24) is 0 Å². The maximum Gasteiger partial charge on any atom is 0.0725 e. The number of benzene rings is 15. The molecule has 0 bridgehead atoms. The second kappa shape index (κ2) is 28.7. The van der Waals surface area contributed by atoms with Crippen LogP contribution >= 0.6 is 0 Å². The molecule has 0 saturated heterocycles. The van der Waals surface area contributed by atoms with Crippen LogP contribution in [0.25, 0.3) is 89.0 Å². The topological polar surface area (TPSA) is 3.24 Å². The van der Waals surface area contributed by atoms with Crippen molar-refractivity contribution in [3.63, 3.8) is 0 Å². The molecule has 13 aliphatic rings. The van der Waals surface area contributed by atoms with Crippen molar-refractivity contribution < 1.29 is 0 Å². The first-order valence-corrected chi connectivity index (χ1v) is 49.0. The number of para-hydroxylation sites is 1. The molecule has 4 saturated carbocycles. The van der Waals surface area contributed by atoms with Gasteiger partial charge in [-0.15, -0.1) is 0 Å². The number of allylic oxidation sites excluding steroid dienone is 6. The highest BCUT2D eigenvalue weighted by atomic mass is 15.2. The van der Waals surface area contributed by atoms with E-state index >= 15 is 0 Å². The summed E-state index contributed by atoms with van der Waals surface area (Å²) in [7, 11) is 0. The lowest BCUT2D eigenvalue weighted by Crippen LogP contribution is -2.41. The zero-order valence-electron chi connectivity index (χ0n) is 72.9. The van der Waals surface area contributed by atoms with Crippen LogP contribution in [0.15, 0.2) is 381 Å². The molecule has 0 heterocycles. The third-order valence-corrected chi connectivity index (χ3v) is 35.6. The zero-order valence-corrected chi connectivity index (χ0v) is 72.9. The molecule has 0 aromatic heterocycles. The first-order valence-electron chi connectivity index (χ1n) is 49.0. The largest absolute Gasteiger partial charge is 0.342 e. The Bertz CT molecular complexity index is 7070. The van der Waals surface area contributed by atoms with Crippen LogP contribution in [0.5, 0.6) is 0 Å². The molecule has 11 atom stereocenters. The Morgan fingerprint density at radius 1 is 0.258 bits per heavy atom. The Labute approximate surface area is 754 Å². The van der Waals surface area contributed by atoms with Gasteiger partial charge in [0.1, 0.15) is 0 Å². The summed E-state index contributed by atoms with van der Waals surface area (Å²) in [4.78, 5) is 2.90. The average Bonchev–Trinajstić information content (AvgIpc) is 1.52. The molecule has 15 aromatic rings. The van der Waals surface area contributed by atoms with E-state index in [9.17, 15) is 0 Å². The van der Waals surface area contributed by atoms with Crippen molar-refractivity contribution in [3.8, 4) is 89.0 Å². The Morgan fingerprint density at radius 3 is 1.29 bits per heavy atom. The lowest BCUT2D eigenvalue weighted by Gasteiger charge is -2.45. The SMILES string of the molecule is C1=CC(C2c3ccc(-c4ccc(-c5ccc6c(c5)C5(c7ccccc7-c7ccccc75)c5ccccc5-6)cc4)cc3C3CC(c4ccc(-c5ccc6c(c5)C5(c7ccccc7-c7ccccc75)c5ccccc5-6)cc4)CCC32)CCC1C1=CC=C(N(c2ccccc2)C2CCC(c3ccc4c(c3)C3(c5ccccc5-4)c4ccccc4C4CCCCC43)CC2)C2CCCC12. The van der Waals surface area contributed by atoms with Crippen LogP contribution in [0.3, 0.4) is 0 Å². The van der Waals surface area contributed by atoms with E-state index in [0.29, 0.717) is 71.1 Å². The van der Waals surface area contributed by atoms with Crippen molar-refractivity contribution >= 4 is 5.69 Å². The molecule has 0 N–H and O–H groups in total. The maximum absolute atomic E-state index is 2.90. The summed E-state index contributed by atoms with van der Waals surface area (Å²) in [6, 6.07) is 137. The maximum atomic E-state index is 2.90. The van der Waals surface area contributed by atoms with Crippen molar-refractivity contribution in [2.24, 2.45) is 35.5 Å². The van der Waals surface area contributed by atoms with Gasteiger partial charge in [0, 0.05) is 28.8 Å². The first kappa shape index (κ1) is 74.4. The van der Waals surface area contributed by atoms with Crippen LogP contribution in [0, 0.1) is 35.5 Å². The lowest BCUT2D eigenvalue weighted by molar-refractivity contribution is 0.228. The molecule has 128 heavy (non-hydrogen) atoms. The predicted molar refractivity (Wildman–Crippen MR) is 527 cm³/mol. The molecule has 13 aliphatic carbocycles. The van der Waals surface area contributed by atoms with E-state index in [4.69, 9.17) is 0 Å². The summed E-state index contributed by atoms with van der Waals surface area (Å²) >= 11 is 0. The molecule has 11 unspecified atom stereocenters. The second-order valence-corrected chi connectivity index (χ2v) is 40.7. The normalized spacial score (nSPS) is 25.5. The first-order chi connectivity index (χ1) is 63.5. The molecule has 1 nitrogen and oxygen atoms in total. The highest BCUT2D eigenvalue weighted by molar-refractivity contribution is 5.98. The van der Waals surface area contributed by atoms with Crippen LogP contribution in [0.2, 0.25) is 0 Å². The fourth-order valence-corrected chi connectivity index (χ4v) is 30.5. The van der Waals surface area contributed by atoms with Gasteiger partial charge in [-0.25, -0.2) is 0 Å². The van der Waals surface area contributed by atoms with E-state index in [0.717, 1.165) is 0 Å². The average molecular weight is 1650 g/mol. The highest BCUT2D eigenvalue weighted by Gasteiger charge is 2.60. The number of hydrogen-bond donors (Lipinski definition) is 0. The summed E-state index contributed by atoms with van der Waals surface area (Å²) < 4.78 is 0. The zero-order chi connectivity index (χ0) is 83.7. The van der Waals surface area contributed by atoms with Crippen LogP contribution < -0.4 is 4.90 Å². The van der Waals surface area contributed by atoms with Gasteiger partial charge in [0.05, 0.1) is 10.8 Å². The minimum Gasteiger partial charge on any atom is -0.342 e. The quantitative estimate of drug-likeness (QED) is 0.123. The van der Waals surface area contributed by atoms with Gasteiger partial charge in [0.25, 0.3) is 0 Å². The predicted octanol–water partition coefficient (Wildman–Crippen LogP) is 31.8. The summed E-state index contributed by atoms with van der Waals surface area (Å²) in [5.41, 5.74) is 49.3. The monoisotopic (exact) mass is 1640 g/mol. The van der Waals surface area contributed by atoms with Crippen LogP contribution in [0.4, 0.5) is 5.69 Å². The fraction of sp³-hybridized carbons (Fsp3) is 0.244. The second-order valence-electron chi connectivity index (χ2n) is 40.7. The lowest BCUT2D eigenvalue weighted by atomic mass is 9.62. The molecule has 618 valence electrons. The summed E-state index contributed by atoms with van der Waals surface area (Å²) in [6.45, 7) is 0. The molecule has 1 heteroatoms. The van der Waals surface area contributed by atoms with Crippen LogP contribution in [0.1, 0.15) is 221 Å². The Morgan fingerprint density at radius 2 is 0.711 bits per heavy atom. The molecule has 0 amide bonds. The van der Waals surface area contributed by atoms with Gasteiger partial charge < -0.3 is 4.90 Å². The molecule has 28 rings (SSSR count). The van der Waals surface area contributed by atoms with Crippen LogP contribution in [-0.4, -0.2) is 6.04 Å².